The highest BCUT2D eigenvalue weighted by atomic mass is 79.9. The second kappa shape index (κ2) is 12.8. The topological polar surface area (TPSA) is 47.6 Å². The van der Waals surface area contributed by atoms with Crippen molar-refractivity contribution in [3.8, 4) is 11.5 Å². The average molecular weight is 530 g/mol. The number of aryl methyl sites for hydroxylation is 1. The molecule has 0 radical (unpaired) electrons. The fourth-order valence-corrected chi connectivity index (χ4v) is 4.06. The molecular weight excluding hydrogens is 502 g/mol. The lowest BCUT2D eigenvalue weighted by atomic mass is 10.1. The van der Waals surface area contributed by atoms with Crippen LogP contribution in [0.5, 0.6) is 11.5 Å². The predicted octanol–water partition coefficient (Wildman–Crippen LogP) is 7.33. The molecule has 4 aromatic carbocycles. The molecule has 35 heavy (non-hydrogen) atoms. The number of carbonyl (C=O) groups is 1. The van der Waals surface area contributed by atoms with Crippen LogP contribution < -0.4 is 14.8 Å². The minimum absolute atomic E-state index is 0.234. The van der Waals surface area contributed by atoms with Gasteiger partial charge in [-0.3, -0.25) is 4.79 Å². The van der Waals surface area contributed by atoms with Gasteiger partial charge < -0.3 is 14.8 Å². The van der Waals surface area contributed by atoms with E-state index in [1.807, 2.05) is 72.8 Å². The van der Waals surface area contributed by atoms with Crippen molar-refractivity contribution >= 4 is 27.5 Å². The third kappa shape index (κ3) is 7.72. The molecule has 1 N–H and O–H groups in total. The highest BCUT2D eigenvalue weighted by Crippen LogP contribution is 2.26. The summed E-state index contributed by atoms with van der Waals surface area (Å²) in [6.45, 7) is 1.09. The SMILES string of the molecule is O=C(Nc1cccc(OCCCc2ccccc2)c1)c1cc(Br)ccc1OCCc1ccccc1. The number of ether oxygens (including phenoxy) is 2. The van der Waals surface area contributed by atoms with Crippen molar-refractivity contribution < 1.29 is 14.3 Å². The molecule has 0 saturated heterocycles. The molecule has 0 fully saturated rings. The van der Waals surface area contributed by atoms with E-state index in [1.165, 1.54) is 11.1 Å². The van der Waals surface area contributed by atoms with Gasteiger partial charge in [-0.25, -0.2) is 0 Å². The lowest BCUT2D eigenvalue weighted by Gasteiger charge is -2.13. The molecule has 0 bridgehead atoms. The molecule has 0 heterocycles. The lowest BCUT2D eigenvalue weighted by Crippen LogP contribution is -2.14. The Kier molecular flexibility index (Phi) is 8.96. The lowest BCUT2D eigenvalue weighted by molar-refractivity contribution is 0.102. The molecule has 1 amide bonds. The molecule has 4 nitrogen and oxygen atoms in total. The van der Waals surface area contributed by atoms with Gasteiger partial charge in [0.15, 0.2) is 0 Å². The Labute approximate surface area is 215 Å². The standard InChI is InChI=1S/C30H28BrNO3/c31-25-16-17-29(35-20-18-24-11-5-2-6-12-24)28(21-25)30(33)32-26-14-7-15-27(22-26)34-19-8-13-23-9-3-1-4-10-23/h1-7,9-12,14-17,21-22H,8,13,18-20H2,(H,32,33). The number of hydrogen-bond acceptors (Lipinski definition) is 3. The Balaban J connectivity index is 1.33. The Bertz CT molecular complexity index is 1230. The first-order valence-electron chi connectivity index (χ1n) is 11.7. The molecule has 4 rings (SSSR count). The maximum absolute atomic E-state index is 13.1. The van der Waals surface area contributed by atoms with Crippen LogP contribution in [0.2, 0.25) is 0 Å². The summed E-state index contributed by atoms with van der Waals surface area (Å²) in [5, 5.41) is 2.97. The van der Waals surface area contributed by atoms with Crippen LogP contribution in [0, 0.1) is 0 Å². The summed E-state index contributed by atoms with van der Waals surface area (Å²) in [7, 11) is 0. The minimum atomic E-state index is -0.234. The van der Waals surface area contributed by atoms with Crippen LogP contribution in [0.4, 0.5) is 5.69 Å². The van der Waals surface area contributed by atoms with Crippen molar-refractivity contribution in [3.63, 3.8) is 0 Å². The van der Waals surface area contributed by atoms with Crippen molar-refractivity contribution in [2.75, 3.05) is 18.5 Å². The molecular formula is C30H28BrNO3. The van der Waals surface area contributed by atoms with Gasteiger partial charge in [-0.05, 0) is 54.3 Å². The van der Waals surface area contributed by atoms with Gasteiger partial charge in [-0.1, -0.05) is 82.7 Å². The molecule has 178 valence electrons. The number of halogens is 1. The molecule has 0 atom stereocenters. The van der Waals surface area contributed by atoms with Gasteiger partial charge in [0, 0.05) is 22.6 Å². The van der Waals surface area contributed by atoms with Crippen LogP contribution in [0.25, 0.3) is 0 Å². The van der Waals surface area contributed by atoms with Gasteiger partial charge in [-0.15, -0.1) is 0 Å². The van der Waals surface area contributed by atoms with E-state index >= 15 is 0 Å². The third-order valence-corrected chi connectivity index (χ3v) is 5.98. The molecule has 0 aliphatic heterocycles. The largest absolute Gasteiger partial charge is 0.494 e. The summed E-state index contributed by atoms with van der Waals surface area (Å²) < 4.78 is 12.7. The number of nitrogens with one attached hydrogen (secondary N) is 1. The van der Waals surface area contributed by atoms with E-state index in [0.717, 1.165) is 29.5 Å². The third-order valence-electron chi connectivity index (χ3n) is 5.49. The molecule has 4 aromatic rings. The fraction of sp³-hybridized carbons (Fsp3) is 0.167. The van der Waals surface area contributed by atoms with Crippen molar-refractivity contribution in [1.29, 1.82) is 0 Å². The van der Waals surface area contributed by atoms with E-state index in [9.17, 15) is 4.79 Å². The Morgan fingerprint density at radius 2 is 1.43 bits per heavy atom. The zero-order chi connectivity index (χ0) is 24.3. The van der Waals surface area contributed by atoms with Gasteiger partial charge in [0.05, 0.1) is 18.8 Å². The van der Waals surface area contributed by atoms with Gasteiger partial charge in [0.2, 0.25) is 0 Å². The second-order valence-corrected chi connectivity index (χ2v) is 9.06. The zero-order valence-electron chi connectivity index (χ0n) is 19.5. The molecule has 0 unspecified atom stereocenters. The van der Waals surface area contributed by atoms with Crippen molar-refractivity contribution in [2.24, 2.45) is 0 Å². The number of benzene rings is 4. The average Bonchev–Trinajstić information content (AvgIpc) is 2.89. The van der Waals surface area contributed by atoms with Crippen LogP contribution in [0.3, 0.4) is 0 Å². The highest BCUT2D eigenvalue weighted by molar-refractivity contribution is 9.10. The van der Waals surface area contributed by atoms with E-state index in [0.29, 0.717) is 30.2 Å². The molecule has 0 aromatic heterocycles. The first kappa shape index (κ1) is 24.6. The second-order valence-electron chi connectivity index (χ2n) is 8.14. The van der Waals surface area contributed by atoms with E-state index in [4.69, 9.17) is 9.47 Å². The number of anilines is 1. The first-order valence-corrected chi connectivity index (χ1v) is 12.5. The monoisotopic (exact) mass is 529 g/mol. The van der Waals surface area contributed by atoms with E-state index < -0.39 is 0 Å². The smallest absolute Gasteiger partial charge is 0.259 e. The van der Waals surface area contributed by atoms with Crippen LogP contribution in [-0.4, -0.2) is 19.1 Å². The zero-order valence-corrected chi connectivity index (χ0v) is 21.0. The summed E-state index contributed by atoms with van der Waals surface area (Å²) >= 11 is 3.46. The van der Waals surface area contributed by atoms with E-state index in [-0.39, 0.29) is 5.91 Å². The molecule has 0 saturated carbocycles. The van der Waals surface area contributed by atoms with E-state index in [1.54, 1.807) is 6.07 Å². The summed E-state index contributed by atoms with van der Waals surface area (Å²) in [5.41, 5.74) is 3.64. The van der Waals surface area contributed by atoms with Crippen LogP contribution in [0.15, 0.2) is 108 Å². The predicted molar refractivity (Wildman–Crippen MR) is 144 cm³/mol. The summed E-state index contributed by atoms with van der Waals surface area (Å²) in [6.07, 6.45) is 2.65. The molecule has 0 aliphatic rings. The minimum Gasteiger partial charge on any atom is -0.494 e. The number of carbonyl (C=O) groups excluding carboxylic acids is 1. The van der Waals surface area contributed by atoms with Gasteiger partial charge in [0.1, 0.15) is 11.5 Å². The van der Waals surface area contributed by atoms with Gasteiger partial charge in [-0.2, -0.15) is 0 Å². The van der Waals surface area contributed by atoms with Crippen LogP contribution in [0.1, 0.15) is 27.9 Å². The molecule has 0 spiro atoms. The first-order chi connectivity index (χ1) is 17.2. The Hall–Kier alpha value is -3.57. The van der Waals surface area contributed by atoms with Crippen LogP contribution in [-0.2, 0) is 12.8 Å². The summed E-state index contributed by atoms with van der Waals surface area (Å²) in [5.74, 6) is 1.04. The maximum Gasteiger partial charge on any atom is 0.259 e. The summed E-state index contributed by atoms with van der Waals surface area (Å²) in [4.78, 5) is 13.1. The molecule has 5 heteroatoms. The van der Waals surface area contributed by atoms with Crippen molar-refractivity contribution in [2.45, 2.75) is 19.3 Å². The highest BCUT2D eigenvalue weighted by Gasteiger charge is 2.14. The maximum atomic E-state index is 13.1. The van der Waals surface area contributed by atoms with Crippen molar-refractivity contribution in [3.05, 3.63) is 124 Å². The molecule has 0 aliphatic carbocycles. The Morgan fingerprint density at radius 1 is 0.714 bits per heavy atom. The summed E-state index contributed by atoms with van der Waals surface area (Å²) in [6, 6.07) is 33.4. The normalized spacial score (nSPS) is 10.5. The van der Waals surface area contributed by atoms with E-state index in [2.05, 4.69) is 45.5 Å². The number of amides is 1. The fourth-order valence-electron chi connectivity index (χ4n) is 3.70. The number of hydrogen-bond donors (Lipinski definition) is 1. The van der Waals surface area contributed by atoms with Crippen molar-refractivity contribution in [1.82, 2.24) is 0 Å². The number of rotatable bonds is 11. The quantitative estimate of drug-likeness (QED) is 0.207. The van der Waals surface area contributed by atoms with Crippen LogP contribution >= 0.6 is 15.9 Å². The van der Waals surface area contributed by atoms with Gasteiger partial charge in [0.25, 0.3) is 5.91 Å². The van der Waals surface area contributed by atoms with Gasteiger partial charge >= 0.3 is 0 Å². The Morgan fingerprint density at radius 3 is 2.17 bits per heavy atom.